The third-order valence-electron chi connectivity index (χ3n) is 7.06. The average Bonchev–Trinajstić information content (AvgIpc) is 3.26. The highest BCUT2D eigenvalue weighted by molar-refractivity contribution is 5.76. The lowest BCUT2D eigenvalue weighted by molar-refractivity contribution is 0.0374. The van der Waals surface area contributed by atoms with E-state index in [0.29, 0.717) is 34.7 Å². The highest BCUT2D eigenvalue weighted by atomic mass is 16.5. The predicted molar refractivity (Wildman–Crippen MR) is 141 cm³/mol. The first-order valence-corrected chi connectivity index (χ1v) is 12.8. The van der Waals surface area contributed by atoms with E-state index in [0.717, 1.165) is 61.8 Å². The topological polar surface area (TPSA) is 95.5 Å². The molecule has 1 atom stereocenters. The third kappa shape index (κ3) is 5.01. The van der Waals surface area contributed by atoms with Crippen molar-refractivity contribution >= 4 is 11.2 Å². The van der Waals surface area contributed by atoms with Gasteiger partial charge in [-0.05, 0) is 58.4 Å². The number of para-hydroxylation sites is 1. The fourth-order valence-electron chi connectivity index (χ4n) is 5.09. The molecule has 5 rings (SSSR count). The van der Waals surface area contributed by atoms with Gasteiger partial charge >= 0.3 is 0 Å². The maximum atomic E-state index is 14.0. The SMILES string of the molecule is COc1ccccc1[C@H](C)n1c(=O)c(CCCN2CCOCC2)nc2ccc(-c3c(C)noc3C)nc21. The van der Waals surface area contributed by atoms with E-state index >= 15 is 0 Å². The summed E-state index contributed by atoms with van der Waals surface area (Å²) in [4.78, 5) is 26.1. The van der Waals surface area contributed by atoms with E-state index in [1.54, 1.807) is 11.7 Å². The van der Waals surface area contributed by atoms with Gasteiger partial charge in [0.1, 0.15) is 22.7 Å². The zero-order chi connectivity index (χ0) is 25.9. The summed E-state index contributed by atoms with van der Waals surface area (Å²) in [5, 5.41) is 4.08. The Hall–Kier alpha value is -3.56. The minimum absolute atomic E-state index is 0.128. The molecule has 9 nitrogen and oxygen atoms in total. The van der Waals surface area contributed by atoms with Crippen molar-refractivity contribution < 1.29 is 14.0 Å². The molecule has 194 valence electrons. The molecule has 0 radical (unpaired) electrons. The Morgan fingerprint density at radius 2 is 1.86 bits per heavy atom. The molecule has 4 aromatic rings. The Labute approximate surface area is 216 Å². The van der Waals surface area contributed by atoms with Crippen molar-refractivity contribution in [3.05, 3.63) is 69.5 Å². The van der Waals surface area contributed by atoms with Crippen LogP contribution in [0, 0.1) is 13.8 Å². The van der Waals surface area contributed by atoms with Gasteiger partial charge in [-0.1, -0.05) is 23.4 Å². The van der Waals surface area contributed by atoms with E-state index in [1.165, 1.54) is 0 Å². The minimum Gasteiger partial charge on any atom is -0.496 e. The van der Waals surface area contributed by atoms with Crippen molar-refractivity contribution in [3.8, 4) is 17.0 Å². The summed E-state index contributed by atoms with van der Waals surface area (Å²) >= 11 is 0. The van der Waals surface area contributed by atoms with Crippen LogP contribution in [0.3, 0.4) is 0 Å². The van der Waals surface area contributed by atoms with Gasteiger partial charge in [0.15, 0.2) is 5.65 Å². The second-order valence-corrected chi connectivity index (χ2v) is 9.45. The van der Waals surface area contributed by atoms with Crippen LogP contribution in [0.15, 0.2) is 45.7 Å². The monoisotopic (exact) mass is 503 g/mol. The van der Waals surface area contributed by atoms with Crippen LogP contribution < -0.4 is 10.3 Å². The predicted octanol–water partition coefficient (Wildman–Crippen LogP) is 3.95. The summed E-state index contributed by atoms with van der Waals surface area (Å²) in [7, 11) is 1.64. The Balaban J connectivity index is 1.60. The van der Waals surface area contributed by atoms with Crippen LogP contribution in [0.25, 0.3) is 22.4 Å². The molecule has 1 aromatic carbocycles. The molecule has 0 spiro atoms. The van der Waals surface area contributed by atoms with Crippen LogP contribution in [0.2, 0.25) is 0 Å². The van der Waals surface area contributed by atoms with Gasteiger partial charge in [-0.2, -0.15) is 0 Å². The molecule has 37 heavy (non-hydrogen) atoms. The van der Waals surface area contributed by atoms with Crippen molar-refractivity contribution in [2.45, 2.75) is 39.7 Å². The van der Waals surface area contributed by atoms with Crippen LogP contribution in [-0.2, 0) is 11.2 Å². The second kappa shape index (κ2) is 10.8. The first-order chi connectivity index (χ1) is 18.0. The van der Waals surface area contributed by atoms with Gasteiger partial charge in [0, 0.05) is 18.7 Å². The van der Waals surface area contributed by atoms with E-state index in [9.17, 15) is 4.79 Å². The summed E-state index contributed by atoms with van der Waals surface area (Å²) in [5.74, 6) is 1.41. The van der Waals surface area contributed by atoms with Gasteiger partial charge in [0.05, 0.1) is 43.3 Å². The quantitative estimate of drug-likeness (QED) is 0.357. The first kappa shape index (κ1) is 25.1. The fourth-order valence-corrected chi connectivity index (χ4v) is 5.09. The second-order valence-electron chi connectivity index (χ2n) is 9.45. The van der Waals surface area contributed by atoms with Gasteiger partial charge in [0.2, 0.25) is 0 Å². The van der Waals surface area contributed by atoms with E-state index in [1.807, 2.05) is 57.2 Å². The minimum atomic E-state index is -0.320. The summed E-state index contributed by atoms with van der Waals surface area (Å²) in [6.45, 7) is 10.0. The molecule has 0 bridgehead atoms. The number of benzene rings is 1. The molecule has 0 aliphatic carbocycles. The Morgan fingerprint density at radius 3 is 2.59 bits per heavy atom. The number of hydrogen-bond acceptors (Lipinski definition) is 8. The van der Waals surface area contributed by atoms with Gasteiger partial charge in [0.25, 0.3) is 5.56 Å². The number of rotatable bonds is 8. The van der Waals surface area contributed by atoms with Crippen LogP contribution in [-0.4, -0.2) is 64.5 Å². The lowest BCUT2D eigenvalue weighted by Gasteiger charge is -2.26. The summed E-state index contributed by atoms with van der Waals surface area (Å²) in [5.41, 5.74) is 4.82. The number of aryl methyl sites for hydroxylation is 3. The molecule has 1 fully saturated rings. The number of hydrogen-bond donors (Lipinski definition) is 0. The smallest absolute Gasteiger partial charge is 0.274 e. The molecule has 4 heterocycles. The lowest BCUT2D eigenvalue weighted by Crippen LogP contribution is -2.37. The average molecular weight is 504 g/mol. The number of fused-ring (bicyclic) bond motifs is 1. The molecular formula is C28H33N5O4. The Bertz CT molecular complexity index is 1440. The molecule has 1 aliphatic heterocycles. The summed E-state index contributed by atoms with van der Waals surface area (Å²) in [6, 6.07) is 11.3. The van der Waals surface area contributed by atoms with Crippen molar-refractivity contribution in [1.82, 2.24) is 24.6 Å². The number of aromatic nitrogens is 4. The number of methoxy groups -OCH3 is 1. The number of pyridine rings is 1. The maximum Gasteiger partial charge on any atom is 0.274 e. The molecular weight excluding hydrogens is 470 g/mol. The standard InChI is InChI=1S/C28H33N5O4/c1-18-26(20(3)37-31-18)22-11-12-23-27(30-22)33(19(2)21-8-5-6-10-25(21)35-4)28(34)24(29-23)9-7-13-32-14-16-36-17-15-32/h5-6,8,10-12,19H,7,9,13-17H2,1-4H3/t19-/m0/s1. The molecule has 3 aromatic heterocycles. The highest BCUT2D eigenvalue weighted by Gasteiger charge is 2.22. The number of ether oxygens (including phenoxy) is 2. The molecule has 0 unspecified atom stereocenters. The van der Waals surface area contributed by atoms with E-state index in [2.05, 4.69) is 10.1 Å². The summed E-state index contributed by atoms with van der Waals surface area (Å²) in [6.07, 6.45) is 1.44. The molecule has 1 aliphatic rings. The molecule has 0 N–H and O–H groups in total. The molecule has 1 saturated heterocycles. The van der Waals surface area contributed by atoms with Crippen molar-refractivity contribution in [2.75, 3.05) is 40.0 Å². The van der Waals surface area contributed by atoms with E-state index in [-0.39, 0.29) is 11.6 Å². The molecule has 9 heteroatoms. The van der Waals surface area contributed by atoms with Crippen LogP contribution in [0.1, 0.15) is 42.1 Å². The summed E-state index contributed by atoms with van der Waals surface area (Å²) < 4.78 is 18.2. The third-order valence-corrected chi connectivity index (χ3v) is 7.06. The van der Waals surface area contributed by atoms with Gasteiger partial charge < -0.3 is 14.0 Å². The largest absolute Gasteiger partial charge is 0.496 e. The fraction of sp³-hybridized carbons (Fsp3) is 0.429. The van der Waals surface area contributed by atoms with Gasteiger partial charge in [-0.15, -0.1) is 0 Å². The van der Waals surface area contributed by atoms with Crippen molar-refractivity contribution in [3.63, 3.8) is 0 Å². The van der Waals surface area contributed by atoms with Crippen LogP contribution in [0.5, 0.6) is 5.75 Å². The molecule has 0 saturated carbocycles. The Morgan fingerprint density at radius 1 is 1.08 bits per heavy atom. The van der Waals surface area contributed by atoms with Crippen molar-refractivity contribution in [2.24, 2.45) is 0 Å². The first-order valence-electron chi connectivity index (χ1n) is 12.8. The number of morpholine rings is 1. The zero-order valence-corrected chi connectivity index (χ0v) is 21.9. The van der Waals surface area contributed by atoms with Gasteiger partial charge in [-0.3, -0.25) is 14.3 Å². The maximum absolute atomic E-state index is 14.0. The number of nitrogens with zero attached hydrogens (tertiary/aromatic N) is 5. The molecule has 0 amide bonds. The van der Waals surface area contributed by atoms with E-state index < -0.39 is 0 Å². The lowest BCUT2D eigenvalue weighted by atomic mass is 10.1. The van der Waals surface area contributed by atoms with Crippen LogP contribution in [0.4, 0.5) is 0 Å². The highest BCUT2D eigenvalue weighted by Crippen LogP contribution is 2.30. The van der Waals surface area contributed by atoms with Crippen molar-refractivity contribution in [1.29, 1.82) is 0 Å². The van der Waals surface area contributed by atoms with Gasteiger partial charge in [-0.25, -0.2) is 9.97 Å². The van der Waals surface area contributed by atoms with E-state index in [4.69, 9.17) is 24.0 Å². The Kier molecular flexibility index (Phi) is 7.34. The normalized spacial score (nSPS) is 15.2. The van der Waals surface area contributed by atoms with Crippen LogP contribution >= 0.6 is 0 Å². The zero-order valence-electron chi connectivity index (χ0n) is 21.9.